The number of rotatable bonds is 2. The highest BCUT2D eigenvalue weighted by molar-refractivity contribution is 5.92. The van der Waals surface area contributed by atoms with E-state index in [1.54, 1.807) is 0 Å². The van der Waals surface area contributed by atoms with Gasteiger partial charge < -0.3 is 11.5 Å². The molecule has 22 heavy (non-hydrogen) atoms. The van der Waals surface area contributed by atoms with E-state index >= 15 is 0 Å². The van der Waals surface area contributed by atoms with Crippen LogP contribution in [0.4, 0.5) is 11.4 Å². The number of hydrogen-bond donors (Lipinski definition) is 2. The molecule has 2 nitrogen and oxygen atoms in total. The normalized spacial score (nSPS) is 10.6. The summed E-state index contributed by atoms with van der Waals surface area (Å²) < 4.78 is 0. The van der Waals surface area contributed by atoms with Gasteiger partial charge in [-0.15, -0.1) is 0 Å². The van der Waals surface area contributed by atoms with Crippen molar-refractivity contribution in [3.05, 3.63) is 71.8 Å². The molecule has 0 amide bonds. The van der Waals surface area contributed by atoms with Crippen LogP contribution in [-0.4, -0.2) is 0 Å². The highest BCUT2D eigenvalue weighted by atomic mass is 14.6. The van der Waals surface area contributed by atoms with Gasteiger partial charge in [-0.2, -0.15) is 0 Å². The van der Waals surface area contributed by atoms with Crippen LogP contribution >= 0.6 is 0 Å². The van der Waals surface area contributed by atoms with Crippen LogP contribution in [0.25, 0.3) is 22.3 Å². The minimum atomic E-state index is 0.790. The van der Waals surface area contributed by atoms with Crippen LogP contribution in [0.2, 0.25) is 0 Å². The minimum Gasteiger partial charge on any atom is -0.398 e. The van der Waals surface area contributed by atoms with Gasteiger partial charge in [-0.3, -0.25) is 0 Å². The lowest BCUT2D eigenvalue weighted by molar-refractivity contribution is 1.45. The monoisotopic (exact) mass is 288 g/mol. The molecule has 0 fully saturated rings. The Labute approximate surface area is 131 Å². The molecule has 0 bridgehead atoms. The fourth-order valence-corrected chi connectivity index (χ4v) is 2.81. The third-order valence-corrected chi connectivity index (χ3v) is 3.92. The second-order valence-electron chi connectivity index (χ2n) is 5.73. The summed E-state index contributed by atoms with van der Waals surface area (Å²) in [6.45, 7) is 4.09. The maximum atomic E-state index is 6.23. The average Bonchev–Trinajstić information content (AvgIpc) is 2.48. The van der Waals surface area contributed by atoms with Crippen molar-refractivity contribution in [1.29, 1.82) is 0 Å². The smallest absolute Gasteiger partial charge is 0.0396 e. The Bertz CT molecular complexity index is 764. The van der Waals surface area contributed by atoms with Crippen molar-refractivity contribution in [3.63, 3.8) is 0 Å². The van der Waals surface area contributed by atoms with Crippen LogP contribution in [0.1, 0.15) is 11.1 Å². The van der Waals surface area contributed by atoms with Crippen LogP contribution in [0.15, 0.2) is 60.7 Å². The maximum absolute atomic E-state index is 6.23. The van der Waals surface area contributed by atoms with Gasteiger partial charge >= 0.3 is 0 Å². The molecule has 3 aromatic rings. The lowest BCUT2D eigenvalue weighted by Gasteiger charge is -2.14. The van der Waals surface area contributed by atoms with Gasteiger partial charge in [-0.25, -0.2) is 0 Å². The minimum absolute atomic E-state index is 0.790. The zero-order chi connectivity index (χ0) is 15.7. The van der Waals surface area contributed by atoms with Gasteiger partial charge in [-0.1, -0.05) is 48.5 Å². The molecule has 0 atom stereocenters. The Morgan fingerprint density at radius 2 is 0.955 bits per heavy atom. The molecule has 3 rings (SSSR count). The standard InChI is InChI=1S/C20H20N2/c1-13-7-9-17(19(21)11-13)15-5-3-4-6-16(15)18-10-8-14(2)12-20(18)22/h3-12H,21-22H2,1-2H3. The Kier molecular flexibility index (Phi) is 3.60. The summed E-state index contributed by atoms with van der Waals surface area (Å²) in [4.78, 5) is 0. The van der Waals surface area contributed by atoms with Crippen molar-refractivity contribution >= 4 is 11.4 Å². The molecule has 0 saturated carbocycles. The molecule has 110 valence electrons. The van der Waals surface area contributed by atoms with Crippen molar-refractivity contribution in [2.75, 3.05) is 11.5 Å². The molecule has 0 aliphatic carbocycles. The predicted molar refractivity (Wildman–Crippen MR) is 95.6 cm³/mol. The van der Waals surface area contributed by atoms with Crippen LogP contribution in [-0.2, 0) is 0 Å². The van der Waals surface area contributed by atoms with Crippen LogP contribution in [0.3, 0.4) is 0 Å². The molecule has 0 radical (unpaired) electrons. The molecule has 0 aromatic heterocycles. The number of benzene rings is 3. The molecule has 2 heteroatoms. The first-order chi connectivity index (χ1) is 10.6. The first-order valence-corrected chi connectivity index (χ1v) is 7.38. The van der Waals surface area contributed by atoms with E-state index < -0.39 is 0 Å². The van der Waals surface area contributed by atoms with Gasteiger partial charge in [0.25, 0.3) is 0 Å². The molecule has 0 unspecified atom stereocenters. The number of aryl methyl sites for hydroxylation is 2. The quantitative estimate of drug-likeness (QED) is 0.665. The highest BCUT2D eigenvalue weighted by Crippen LogP contribution is 2.37. The molecule has 0 aliphatic heterocycles. The van der Waals surface area contributed by atoms with E-state index in [9.17, 15) is 0 Å². The Hall–Kier alpha value is -2.74. The summed E-state index contributed by atoms with van der Waals surface area (Å²) in [5, 5.41) is 0. The van der Waals surface area contributed by atoms with Gasteiger partial charge in [0.15, 0.2) is 0 Å². The van der Waals surface area contributed by atoms with Crippen molar-refractivity contribution < 1.29 is 0 Å². The van der Waals surface area contributed by atoms with E-state index in [2.05, 4.69) is 36.4 Å². The SMILES string of the molecule is Cc1ccc(-c2ccccc2-c2ccc(C)cc2N)c(N)c1. The van der Waals surface area contributed by atoms with Crippen molar-refractivity contribution in [1.82, 2.24) is 0 Å². The van der Waals surface area contributed by atoms with E-state index in [-0.39, 0.29) is 0 Å². The van der Waals surface area contributed by atoms with Crippen molar-refractivity contribution in [2.24, 2.45) is 0 Å². The zero-order valence-corrected chi connectivity index (χ0v) is 12.9. The average molecular weight is 288 g/mol. The number of nitrogen functional groups attached to an aromatic ring is 2. The first-order valence-electron chi connectivity index (χ1n) is 7.38. The van der Waals surface area contributed by atoms with Gasteiger partial charge in [0, 0.05) is 22.5 Å². The molecule has 0 aliphatic rings. The second-order valence-corrected chi connectivity index (χ2v) is 5.73. The fraction of sp³-hybridized carbons (Fsp3) is 0.100. The third-order valence-electron chi connectivity index (χ3n) is 3.92. The molecular formula is C20H20N2. The van der Waals surface area contributed by atoms with Gasteiger partial charge in [0.1, 0.15) is 0 Å². The first kappa shape index (κ1) is 14.2. The van der Waals surface area contributed by atoms with E-state index in [1.807, 2.05) is 38.1 Å². The topological polar surface area (TPSA) is 52.0 Å². The largest absolute Gasteiger partial charge is 0.398 e. The van der Waals surface area contributed by atoms with Gasteiger partial charge in [-0.05, 0) is 48.2 Å². The molecule has 4 N–H and O–H groups in total. The summed E-state index contributed by atoms with van der Waals surface area (Å²) >= 11 is 0. The van der Waals surface area contributed by atoms with Crippen LogP contribution in [0.5, 0.6) is 0 Å². The molecular weight excluding hydrogens is 268 g/mol. The summed E-state index contributed by atoms with van der Waals surface area (Å²) in [6.07, 6.45) is 0. The van der Waals surface area contributed by atoms with E-state index in [0.29, 0.717) is 0 Å². The lowest BCUT2D eigenvalue weighted by Crippen LogP contribution is -1.95. The second kappa shape index (κ2) is 5.57. The van der Waals surface area contributed by atoms with Crippen LogP contribution in [0, 0.1) is 13.8 Å². The fourth-order valence-electron chi connectivity index (χ4n) is 2.81. The van der Waals surface area contributed by atoms with Crippen molar-refractivity contribution in [2.45, 2.75) is 13.8 Å². The van der Waals surface area contributed by atoms with E-state index in [0.717, 1.165) is 44.8 Å². The Morgan fingerprint density at radius 3 is 1.32 bits per heavy atom. The zero-order valence-electron chi connectivity index (χ0n) is 12.9. The van der Waals surface area contributed by atoms with Crippen LogP contribution < -0.4 is 11.5 Å². The number of nitrogens with two attached hydrogens (primary N) is 2. The summed E-state index contributed by atoms with van der Waals surface area (Å²) in [5.41, 5.74) is 20.7. The van der Waals surface area contributed by atoms with E-state index in [4.69, 9.17) is 11.5 Å². The van der Waals surface area contributed by atoms with Crippen molar-refractivity contribution in [3.8, 4) is 22.3 Å². The predicted octanol–water partition coefficient (Wildman–Crippen LogP) is 4.80. The number of anilines is 2. The van der Waals surface area contributed by atoms with E-state index in [1.165, 1.54) is 0 Å². The highest BCUT2D eigenvalue weighted by Gasteiger charge is 2.11. The Balaban J connectivity index is 2.22. The maximum Gasteiger partial charge on any atom is 0.0396 e. The Morgan fingerprint density at radius 1 is 0.545 bits per heavy atom. The summed E-state index contributed by atoms with van der Waals surface area (Å²) in [5.74, 6) is 0. The molecule has 3 aromatic carbocycles. The summed E-state index contributed by atoms with van der Waals surface area (Å²) in [6, 6.07) is 20.6. The number of hydrogen-bond acceptors (Lipinski definition) is 2. The molecule has 0 spiro atoms. The third kappa shape index (κ3) is 2.56. The molecule has 0 saturated heterocycles. The summed E-state index contributed by atoms with van der Waals surface area (Å²) in [7, 11) is 0. The lowest BCUT2D eigenvalue weighted by atomic mass is 9.92. The van der Waals surface area contributed by atoms with Gasteiger partial charge in [0.2, 0.25) is 0 Å². The van der Waals surface area contributed by atoms with Gasteiger partial charge in [0.05, 0.1) is 0 Å². The molecule has 0 heterocycles.